The Bertz CT molecular complexity index is 931. The molecule has 1 aliphatic rings. The minimum Gasteiger partial charge on any atom is -0.463 e. The second kappa shape index (κ2) is 8.39. The Kier molecular flexibility index (Phi) is 6.63. The van der Waals surface area contributed by atoms with Crippen LogP contribution in [0.4, 0.5) is 4.39 Å². The molecule has 10 heteroatoms. The zero-order valence-electron chi connectivity index (χ0n) is 14.8. The van der Waals surface area contributed by atoms with Gasteiger partial charge in [-0.05, 0) is 24.6 Å². The van der Waals surface area contributed by atoms with Crippen LogP contribution in [0.15, 0.2) is 39.6 Å². The smallest absolute Gasteiger partial charge is 0.373 e. The van der Waals surface area contributed by atoms with Gasteiger partial charge in [0.25, 0.3) is 0 Å². The highest BCUT2D eigenvalue weighted by atomic mass is 35.5. The molecule has 1 N–H and O–H groups in total. The number of carbonyl (C=O) groups is 1. The summed E-state index contributed by atoms with van der Waals surface area (Å²) in [6, 6.07) is 6.46. The molecule has 2 heterocycles. The molecule has 3 rings (SSSR count). The summed E-state index contributed by atoms with van der Waals surface area (Å²) in [4.78, 5) is 11.5. The van der Waals surface area contributed by atoms with Gasteiger partial charge in [0.15, 0.2) is 0 Å². The van der Waals surface area contributed by atoms with Crippen molar-refractivity contribution in [1.82, 2.24) is 9.62 Å². The molecule has 7 nitrogen and oxygen atoms in total. The number of ether oxygens (including phenoxy) is 1. The van der Waals surface area contributed by atoms with Crippen molar-refractivity contribution in [3.05, 3.63) is 53.2 Å². The van der Waals surface area contributed by atoms with Gasteiger partial charge in [-0.15, -0.1) is 12.4 Å². The number of methoxy groups -OCH3 is 1. The van der Waals surface area contributed by atoms with Gasteiger partial charge in [0.1, 0.15) is 16.5 Å². The van der Waals surface area contributed by atoms with E-state index < -0.39 is 27.9 Å². The number of esters is 1. The van der Waals surface area contributed by atoms with E-state index in [4.69, 9.17) is 4.42 Å². The van der Waals surface area contributed by atoms with Gasteiger partial charge >= 0.3 is 5.97 Å². The van der Waals surface area contributed by atoms with Crippen LogP contribution in [0.5, 0.6) is 0 Å². The minimum absolute atomic E-state index is 0. The second-order valence-electron chi connectivity index (χ2n) is 5.91. The van der Waals surface area contributed by atoms with Crippen LogP contribution in [0.2, 0.25) is 0 Å². The Morgan fingerprint density at radius 3 is 2.78 bits per heavy atom. The topological polar surface area (TPSA) is 88.9 Å². The maximum Gasteiger partial charge on any atom is 0.373 e. The van der Waals surface area contributed by atoms with Crippen LogP contribution in [-0.4, -0.2) is 45.4 Å². The van der Waals surface area contributed by atoms with Crippen molar-refractivity contribution in [3.63, 3.8) is 0 Å². The van der Waals surface area contributed by atoms with Crippen LogP contribution in [0.25, 0.3) is 0 Å². The van der Waals surface area contributed by atoms with Gasteiger partial charge in [0.05, 0.1) is 13.2 Å². The largest absolute Gasteiger partial charge is 0.463 e. The SMILES string of the molecule is COC(=O)c1cc(S(=O)(=O)N2CCNCC2c2cccc(F)c2)c(C)o1.Cl. The van der Waals surface area contributed by atoms with E-state index in [-0.39, 0.29) is 35.4 Å². The average Bonchev–Trinajstić information content (AvgIpc) is 3.03. The van der Waals surface area contributed by atoms with Gasteiger partial charge in [0, 0.05) is 25.7 Å². The normalized spacial score (nSPS) is 18.0. The molecule has 0 radical (unpaired) electrons. The first-order valence-electron chi connectivity index (χ1n) is 8.01. The molecule has 148 valence electrons. The minimum atomic E-state index is -3.95. The van der Waals surface area contributed by atoms with Gasteiger partial charge in [-0.25, -0.2) is 17.6 Å². The van der Waals surface area contributed by atoms with Crippen molar-refractivity contribution in [2.45, 2.75) is 17.9 Å². The van der Waals surface area contributed by atoms with Gasteiger partial charge in [-0.2, -0.15) is 4.31 Å². The standard InChI is InChI=1S/C17H19FN2O5S.ClH/c1-11-16(9-15(25-11)17(21)24-2)26(22,23)20-7-6-19-10-14(20)12-4-3-5-13(18)8-12;/h3-5,8-9,14,19H,6-7,10H2,1-2H3;1H. The fourth-order valence-electron chi connectivity index (χ4n) is 3.02. The summed E-state index contributed by atoms with van der Waals surface area (Å²) in [6.07, 6.45) is 0. The molecule has 1 unspecified atom stereocenters. The first-order chi connectivity index (χ1) is 12.3. The van der Waals surface area contributed by atoms with Crippen LogP contribution in [-0.2, 0) is 14.8 Å². The van der Waals surface area contributed by atoms with E-state index >= 15 is 0 Å². The summed E-state index contributed by atoms with van der Waals surface area (Å²) >= 11 is 0. The highest BCUT2D eigenvalue weighted by molar-refractivity contribution is 7.89. The van der Waals surface area contributed by atoms with Crippen LogP contribution in [0, 0.1) is 12.7 Å². The van der Waals surface area contributed by atoms with Crippen molar-refractivity contribution in [2.75, 3.05) is 26.7 Å². The lowest BCUT2D eigenvalue weighted by Crippen LogP contribution is -2.48. The number of nitrogens with zero attached hydrogens (tertiary/aromatic N) is 1. The van der Waals surface area contributed by atoms with Crippen LogP contribution < -0.4 is 5.32 Å². The van der Waals surface area contributed by atoms with Crippen molar-refractivity contribution in [1.29, 1.82) is 0 Å². The molecular weight excluding hydrogens is 399 g/mol. The number of furan rings is 1. The van der Waals surface area contributed by atoms with E-state index in [2.05, 4.69) is 10.1 Å². The van der Waals surface area contributed by atoms with Crippen LogP contribution in [0.1, 0.15) is 27.9 Å². The summed E-state index contributed by atoms with van der Waals surface area (Å²) in [5.41, 5.74) is 0.551. The summed E-state index contributed by atoms with van der Waals surface area (Å²) in [5.74, 6) is -1.27. The molecule has 1 saturated heterocycles. The molecule has 2 aromatic rings. The molecule has 0 spiro atoms. The van der Waals surface area contributed by atoms with Gasteiger partial charge < -0.3 is 14.5 Å². The van der Waals surface area contributed by atoms with Crippen LogP contribution in [0.3, 0.4) is 0 Å². The van der Waals surface area contributed by atoms with Gasteiger partial charge in [-0.1, -0.05) is 12.1 Å². The summed E-state index contributed by atoms with van der Waals surface area (Å²) in [5, 5.41) is 3.13. The average molecular weight is 419 g/mol. The molecule has 1 aromatic heterocycles. The van der Waals surface area contributed by atoms with Crippen molar-refractivity contribution in [2.24, 2.45) is 0 Å². The second-order valence-corrected chi connectivity index (χ2v) is 7.77. The molecule has 1 atom stereocenters. The number of carbonyl (C=O) groups excluding carboxylic acids is 1. The lowest BCUT2D eigenvalue weighted by atomic mass is 10.1. The summed E-state index contributed by atoms with van der Waals surface area (Å²) in [7, 11) is -2.77. The van der Waals surface area contributed by atoms with E-state index in [9.17, 15) is 17.6 Å². The van der Waals surface area contributed by atoms with E-state index in [1.54, 1.807) is 12.1 Å². The van der Waals surface area contributed by atoms with Crippen molar-refractivity contribution in [3.8, 4) is 0 Å². The number of rotatable bonds is 4. The number of aryl methyl sites for hydroxylation is 1. The Morgan fingerprint density at radius 2 is 2.11 bits per heavy atom. The maximum atomic E-state index is 13.6. The fraction of sp³-hybridized carbons (Fsp3) is 0.353. The summed E-state index contributed by atoms with van der Waals surface area (Å²) in [6.45, 7) is 2.50. The number of hydrogen-bond donors (Lipinski definition) is 1. The predicted molar refractivity (Wildman–Crippen MR) is 97.9 cm³/mol. The van der Waals surface area contributed by atoms with Crippen molar-refractivity contribution < 1.29 is 26.8 Å². The number of nitrogens with one attached hydrogen (secondary N) is 1. The number of sulfonamides is 1. The molecule has 0 saturated carbocycles. The molecule has 1 aromatic carbocycles. The lowest BCUT2D eigenvalue weighted by Gasteiger charge is -2.35. The Balaban J connectivity index is 0.00000261. The van der Waals surface area contributed by atoms with Crippen LogP contribution >= 0.6 is 12.4 Å². The molecule has 0 bridgehead atoms. The quantitative estimate of drug-likeness (QED) is 0.766. The highest BCUT2D eigenvalue weighted by Crippen LogP contribution is 2.32. The van der Waals surface area contributed by atoms with E-state index in [1.807, 2.05) is 0 Å². The third-order valence-electron chi connectivity index (χ3n) is 4.27. The molecule has 1 fully saturated rings. The molecule has 0 amide bonds. The highest BCUT2D eigenvalue weighted by Gasteiger charge is 2.37. The van der Waals surface area contributed by atoms with E-state index in [0.29, 0.717) is 18.7 Å². The third kappa shape index (κ3) is 4.16. The number of hydrogen-bond acceptors (Lipinski definition) is 6. The number of halogens is 2. The predicted octanol–water partition coefficient (Wildman–Crippen LogP) is 2.27. The van der Waals surface area contributed by atoms with Gasteiger partial charge in [-0.3, -0.25) is 0 Å². The molecule has 1 aliphatic heterocycles. The summed E-state index contributed by atoms with van der Waals surface area (Å²) < 4.78 is 51.1. The van der Waals surface area contributed by atoms with Crippen molar-refractivity contribution >= 4 is 28.4 Å². The fourth-order valence-corrected chi connectivity index (χ4v) is 4.80. The van der Waals surface area contributed by atoms with E-state index in [1.165, 1.54) is 36.5 Å². The first kappa shape index (κ1) is 21.4. The molecule has 27 heavy (non-hydrogen) atoms. The third-order valence-corrected chi connectivity index (χ3v) is 6.29. The monoisotopic (exact) mass is 418 g/mol. The Hall–Kier alpha value is -1.94. The Labute approximate surface area is 162 Å². The zero-order valence-corrected chi connectivity index (χ0v) is 16.4. The number of benzene rings is 1. The number of piperazine rings is 1. The van der Waals surface area contributed by atoms with Gasteiger partial charge in [0.2, 0.25) is 15.8 Å². The molecule has 0 aliphatic carbocycles. The zero-order chi connectivity index (χ0) is 18.9. The Morgan fingerprint density at radius 1 is 1.37 bits per heavy atom. The lowest BCUT2D eigenvalue weighted by molar-refractivity contribution is 0.0563. The first-order valence-corrected chi connectivity index (χ1v) is 9.45. The maximum absolute atomic E-state index is 13.6. The van der Waals surface area contributed by atoms with E-state index in [0.717, 1.165) is 0 Å². The molecular formula is C17H20ClFN2O5S.